The van der Waals surface area contributed by atoms with Gasteiger partial charge in [0.05, 0.1) is 43.3 Å². The van der Waals surface area contributed by atoms with E-state index in [1.54, 1.807) is 20.8 Å². The van der Waals surface area contributed by atoms with E-state index in [1.807, 2.05) is 0 Å². The van der Waals surface area contributed by atoms with Crippen LogP contribution in [-0.4, -0.2) is 51.8 Å². The van der Waals surface area contributed by atoms with Crippen LogP contribution in [0, 0.1) is 5.82 Å². The number of nitrogens with zero attached hydrogens (tertiary/aromatic N) is 3. The number of nitrogens with one attached hydrogen (secondary N) is 1. The predicted molar refractivity (Wildman–Crippen MR) is 107 cm³/mol. The second kappa shape index (κ2) is 9.27. The molecule has 2 aromatic rings. The van der Waals surface area contributed by atoms with Gasteiger partial charge in [-0.05, 0) is 38.5 Å². The van der Waals surface area contributed by atoms with Crippen molar-refractivity contribution in [3.63, 3.8) is 0 Å². The van der Waals surface area contributed by atoms with Gasteiger partial charge in [0, 0.05) is 6.54 Å². The highest BCUT2D eigenvalue weighted by atomic mass is 19.4. The second-order valence-electron chi connectivity index (χ2n) is 8.41. The van der Waals surface area contributed by atoms with Gasteiger partial charge in [0.15, 0.2) is 5.82 Å². The number of benzene rings is 1. The van der Waals surface area contributed by atoms with Crippen LogP contribution in [-0.2, 0) is 22.3 Å². The number of amides is 1. The molecule has 3 rings (SSSR count). The van der Waals surface area contributed by atoms with Crippen molar-refractivity contribution >= 4 is 12.0 Å². The quantitative estimate of drug-likeness (QED) is 0.678. The number of hydrogen-bond acceptors (Lipinski definition) is 6. The highest BCUT2D eigenvalue weighted by Gasteiger charge is 2.38. The molecule has 11 heteroatoms. The van der Waals surface area contributed by atoms with Crippen LogP contribution in [0.1, 0.15) is 31.9 Å². The van der Waals surface area contributed by atoms with E-state index in [1.165, 1.54) is 17.0 Å². The minimum atomic E-state index is -4.41. The molecule has 0 saturated carbocycles. The minimum Gasteiger partial charge on any atom is -0.444 e. The van der Waals surface area contributed by atoms with Crippen LogP contribution in [0.3, 0.4) is 0 Å². The number of rotatable bonds is 5. The van der Waals surface area contributed by atoms with Gasteiger partial charge in [-0.3, -0.25) is 0 Å². The summed E-state index contributed by atoms with van der Waals surface area (Å²) in [5.74, 6) is -0.432. The molecule has 1 N–H and O–H groups in total. The average molecular weight is 456 g/mol. The van der Waals surface area contributed by atoms with Gasteiger partial charge in [0.2, 0.25) is 5.95 Å². The third-order valence-electron chi connectivity index (χ3n) is 4.60. The number of hydrogen-bond donors (Lipinski definition) is 1. The Labute approximate surface area is 182 Å². The predicted octanol–water partition coefficient (Wildman–Crippen LogP) is 4.25. The summed E-state index contributed by atoms with van der Waals surface area (Å²) < 4.78 is 62.7. The molecule has 2 unspecified atom stereocenters. The molecule has 1 saturated heterocycles. The van der Waals surface area contributed by atoms with Crippen molar-refractivity contribution in [1.82, 2.24) is 14.9 Å². The summed E-state index contributed by atoms with van der Waals surface area (Å²) in [5.41, 5.74) is -0.879. The van der Waals surface area contributed by atoms with E-state index in [2.05, 4.69) is 15.3 Å². The Morgan fingerprint density at radius 2 is 1.75 bits per heavy atom. The molecule has 0 spiro atoms. The summed E-state index contributed by atoms with van der Waals surface area (Å²) >= 11 is 0. The highest BCUT2D eigenvalue weighted by molar-refractivity contribution is 5.69. The molecule has 1 aromatic carbocycles. The Kier molecular flexibility index (Phi) is 6.87. The number of aromatic nitrogens is 2. The van der Waals surface area contributed by atoms with Crippen molar-refractivity contribution in [3.05, 3.63) is 53.6 Å². The standard InChI is InChI=1S/C21H24F4N4O3/c1-20(2,3)32-19(30)29-10-16(28-18-26-8-15(22)9-27-18)17(11-29)31-12-13-4-6-14(7-5-13)21(23,24)25/h4-9,16-17H,10-12H2,1-3H3,(H,26,27,28). The number of ether oxygens (including phenoxy) is 2. The molecule has 32 heavy (non-hydrogen) atoms. The zero-order chi connectivity index (χ0) is 23.5. The molecule has 1 amide bonds. The van der Waals surface area contributed by atoms with Crippen LogP contribution in [0.4, 0.5) is 28.3 Å². The van der Waals surface area contributed by atoms with Crippen LogP contribution in [0.5, 0.6) is 0 Å². The number of halogens is 4. The number of anilines is 1. The number of carbonyl (C=O) groups excluding carboxylic acids is 1. The van der Waals surface area contributed by atoms with Gasteiger partial charge in [-0.15, -0.1) is 0 Å². The summed E-state index contributed by atoms with van der Waals surface area (Å²) in [5, 5.41) is 3.02. The summed E-state index contributed by atoms with van der Waals surface area (Å²) in [7, 11) is 0. The first-order chi connectivity index (χ1) is 14.9. The Hall–Kier alpha value is -2.95. The molecule has 1 fully saturated rings. The molecule has 1 aliphatic rings. The van der Waals surface area contributed by atoms with E-state index in [0.29, 0.717) is 5.56 Å². The first kappa shape index (κ1) is 23.7. The lowest BCUT2D eigenvalue weighted by Gasteiger charge is -2.24. The Morgan fingerprint density at radius 1 is 1.12 bits per heavy atom. The van der Waals surface area contributed by atoms with Gasteiger partial charge in [-0.2, -0.15) is 13.2 Å². The van der Waals surface area contributed by atoms with Gasteiger partial charge < -0.3 is 19.7 Å². The fourth-order valence-corrected chi connectivity index (χ4v) is 3.10. The molecule has 174 valence electrons. The second-order valence-corrected chi connectivity index (χ2v) is 8.41. The van der Waals surface area contributed by atoms with E-state index in [0.717, 1.165) is 24.5 Å². The first-order valence-electron chi connectivity index (χ1n) is 9.90. The van der Waals surface area contributed by atoms with Gasteiger partial charge in [-0.1, -0.05) is 12.1 Å². The van der Waals surface area contributed by atoms with Crippen LogP contribution >= 0.6 is 0 Å². The summed E-state index contributed by atoms with van der Waals surface area (Å²) in [6.07, 6.45) is -3.45. The first-order valence-corrected chi connectivity index (χ1v) is 9.90. The molecular weight excluding hydrogens is 432 g/mol. The Morgan fingerprint density at radius 3 is 2.31 bits per heavy atom. The molecule has 2 heterocycles. The van der Waals surface area contributed by atoms with Crippen molar-refractivity contribution in [2.45, 2.75) is 51.3 Å². The van der Waals surface area contributed by atoms with Gasteiger partial charge in [0.25, 0.3) is 0 Å². The zero-order valence-electron chi connectivity index (χ0n) is 17.8. The topological polar surface area (TPSA) is 76.6 Å². The summed E-state index contributed by atoms with van der Waals surface area (Å²) in [6, 6.07) is 4.22. The molecular formula is C21H24F4N4O3. The maximum atomic E-state index is 13.1. The Balaban J connectivity index is 1.69. The third-order valence-corrected chi connectivity index (χ3v) is 4.60. The minimum absolute atomic E-state index is 0.0351. The largest absolute Gasteiger partial charge is 0.444 e. The summed E-state index contributed by atoms with van der Waals surface area (Å²) in [6.45, 7) is 5.69. The van der Waals surface area contributed by atoms with E-state index in [9.17, 15) is 22.4 Å². The van der Waals surface area contributed by atoms with Crippen LogP contribution in [0.2, 0.25) is 0 Å². The van der Waals surface area contributed by atoms with Gasteiger partial charge in [-0.25, -0.2) is 19.2 Å². The van der Waals surface area contributed by atoms with Crippen LogP contribution in [0.25, 0.3) is 0 Å². The van der Waals surface area contributed by atoms with E-state index in [-0.39, 0.29) is 25.6 Å². The monoisotopic (exact) mass is 456 g/mol. The van der Waals surface area contributed by atoms with E-state index < -0.39 is 41.4 Å². The van der Waals surface area contributed by atoms with Crippen molar-refractivity contribution in [2.24, 2.45) is 0 Å². The molecule has 7 nitrogen and oxygen atoms in total. The molecule has 2 atom stereocenters. The third kappa shape index (κ3) is 6.52. The van der Waals surface area contributed by atoms with Crippen LogP contribution < -0.4 is 5.32 Å². The zero-order valence-corrected chi connectivity index (χ0v) is 17.8. The lowest BCUT2D eigenvalue weighted by Crippen LogP contribution is -2.36. The SMILES string of the molecule is CC(C)(C)OC(=O)N1CC(Nc2ncc(F)cn2)C(OCc2ccc(C(F)(F)F)cc2)C1. The number of alkyl halides is 3. The molecule has 1 aliphatic heterocycles. The maximum absolute atomic E-state index is 13.1. The fraction of sp³-hybridized carbons (Fsp3) is 0.476. The molecule has 0 bridgehead atoms. The normalized spacial score (nSPS) is 19.2. The summed E-state index contributed by atoms with van der Waals surface area (Å²) in [4.78, 5) is 21.7. The van der Waals surface area contributed by atoms with Crippen molar-refractivity contribution in [1.29, 1.82) is 0 Å². The molecule has 0 aliphatic carbocycles. The van der Waals surface area contributed by atoms with Crippen molar-refractivity contribution in [3.8, 4) is 0 Å². The van der Waals surface area contributed by atoms with Crippen LogP contribution in [0.15, 0.2) is 36.7 Å². The Bertz CT molecular complexity index is 915. The van der Waals surface area contributed by atoms with Crippen molar-refractivity contribution in [2.75, 3.05) is 18.4 Å². The smallest absolute Gasteiger partial charge is 0.416 e. The fourth-order valence-electron chi connectivity index (χ4n) is 3.10. The highest BCUT2D eigenvalue weighted by Crippen LogP contribution is 2.29. The molecule has 1 aromatic heterocycles. The van der Waals surface area contributed by atoms with E-state index in [4.69, 9.17) is 9.47 Å². The lowest BCUT2D eigenvalue weighted by atomic mass is 10.1. The average Bonchev–Trinajstić information content (AvgIpc) is 3.09. The van der Waals surface area contributed by atoms with Crippen molar-refractivity contribution < 1.29 is 31.8 Å². The molecule has 0 radical (unpaired) electrons. The lowest BCUT2D eigenvalue weighted by molar-refractivity contribution is -0.137. The van der Waals surface area contributed by atoms with Gasteiger partial charge >= 0.3 is 12.3 Å². The van der Waals surface area contributed by atoms with E-state index >= 15 is 0 Å². The maximum Gasteiger partial charge on any atom is 0.416 e. The number of likely N-dealkylation sites (tertiary alicyclic amines) is 1. The van der Waals surface area contributed by atoms with Gasteiger partial charge in [0.1, 0.15) is 5.60 Å². The number of carbonyl (C=O) groups is 1.